The molecule has 1 unspecified atom stereocenters. The number of ketones is 1. The molecular formula is C29H33N3O8. The molecule has 2 aromatic carbocycles. The van der Waals surface area contributed by atoms with Crippen LogP contribution >= 0.6 is 0 Å². The van der Waals surface area contributed by atoms with Crippen LogP contribution in [0.25, 0.3) is 5.70 Å². The van der Waals surface area contributed by atoms with Crippen LogP contribution in [0.5, 0.6) is 11.5 Å². The second-order valence-corrected chi connectivity index (χ2v) is 9.59. The van der Waals surface area contributed by atoms with Gasteiger partial charge in [0.05, 0.1) is 19.9 Å². The number of rotatable bonds is 10. The van der Waals surface area contributed by atoms with Crippen molar-refractivity contribution in [1.82, 2.24) is 14.9 Å². The van der Waals surface area contributed by atoms with E-state index in [1.54, 1.807) is 62.4 Å². The number of nitrogens with zero attached hydrogens (tertiary/aromatic N) is 3. The Morgan fingerprint density at radius 3 is 2.10 bits per heavy atom. The van der Waals surface area contributed by atoms with Gasteiger partial charge in [-0.15, -0.1) is 0 Å². The molecule has 1 aliphatic rings. The van der Waals surface area contributed by atoms with Crippen molar-refractivity contribution in [2.24, 2.45) is 5.92 Å². The minimum absolute atomic E-state index is 0.0736. The number of carbonyl (C=O) groups excluding carboxylic acids is 4. The van der Waals surface area contributed by atoms with Gasteiger partial charge in [0.15, 0.2) is 11.5 Å². The van der Waals surface area contributed by atoms with E-state index in [1.807, 2.05) is 0 Å². The fourth-order valence-corrected chi connectivity index (χ4v) is 4.71. The third kappa shape index (κ3) is 5.98. The van der Waals surface area contributed by atoms with E-state index in [0.29, 0.717) is 22.6 Å². The molecule has 1 N–H and O–H groups in total. The first-order valence-corrected chi connectivity index (χ1v) is 12.6. The van der Waals surface area contributed by atoms with Gasteiger partial charge in [-0.1, -0.05) is 44.2 Å². The van der Waals surface area contributed by atoms with Crippen molar-refractivity contribution in [2.45, 2.75) is 46.2 Å². The number of carboxylic acid groups (broad SMARTS) is 1. The number of carboxylic acids is 1. The summed E-state index contributed by atoms with van der Waals surface area (Å²) in [5, 5.41) is 11.6. The molecule has 212 valence electrons. The van der Waals surface area contributed by atoms with Crippen LogP contribution in [0.15, 0.2) is 54.7 Å². The normalized spacial score (nSPS) is 15.8. The van der Waals surface area contributed by atoms with Crippen LogP contribution in [-0.2, 0) is 30.4 Å². The lowest BCUT2D eigenvalue weighted by atomic mass is 9.97. The largest absolute Gasteiger partial charge is 0.493 e. The summed E-state index contributed by atoms with van der Waals surface area (Å²) in [7, 11) is 2.89. The molecule has 2 atom stereocenters. The van der Waals surface area contributed by atoms with Crippen molar-refractivity contribution in [3.8, 4) is 11.5 Å². The van der Waals surface area contributed by atoms with E-state index in [4.69, 9.17) is 9.47 Å². The molecule has 0 fully saturated rings. The number of aliphatic carboxylic acids is 1. The molecule has 2 aromatic rings. The summed E-state index contributed by atoms with van der Waals surface area (Å²) in [6.45, 7) is 5.95. The second-order valence-electron chi connectivity index (χ2n) is 9.59. The number of hydrazine groups is 1. The molecule has 1 heterocycles. The molecule has 40 heavy (non-hydrogen) atoms. The van der Waals surface area contributed by atoms with Gasteiger partial charge in [0, 0.05) is 32.0 Å². The van der Waals surface area contributed by atoms with Crippen molar-refractivity contribution < 1.29 is 38.6 Å². The van der Waals surface area contributed by atoms with Gasteiger partial charge in [-0.3, -0.25) is 19.2 Å². The summed E-state index contributed by atoms with van der Waals surface area (Å²) in [6.07, 6.45) is 1.26. The molecular weight excluding hydrogens is 518 g/mol. The van der Waals surface area contributed by atoms with E-state index < -0.39 is 47.5 Å². The fourth-order valence-electron chi connectivity index (χ4n) is 4.71. The third-order valence-corrected chi connectivity index (χ3v) is 6.54. The lowest BCUT2D eigenvalue weighted by Crippen LogP contribution is -2.63. The number of hydrogen-bond donors (Lipinski definition) is 1. The van der Waals surface area contributed by atoms with E-state index in [9.17, 15) is 29.1 Å². The lowest BCUT2D eigenvalue weighted by molar-refractivity contribution is -0.171. The molecule has 3 rings (SSSR count). The van der Waals surface area contributed by atoms with Gasteiger partial charge in [0.25, 0.3) is 11.7 Å². The van der Waals surface area contributed by atoms with E-state index in [0.717, 1.165) is 16.9 Å². The topological polar surface area (TPSA) is 134 Å². The summed E-state index contributed by atoms with van der Waals surface area (Å²) in [4.78, 5) is 66.5. The van der Waals surface area contributed by atoms with E-state index in [-0.39, 0.29) is 12.1 Å². The van der Waals surface area contributed by atoms with Crippen LogP contribution in [0.2, 0.25) is 0 Å². The summed E-state index contributed by atoms with van der Waals surface area (Å²) in [5.41, 5.74) is 1.01. The monoisotopic (exact) mass is 551 g/mol. The van der Waals surface area contributed by atoms with Gasteiger partial charge in [-0.2, -0.15) is 0 Å². The average Bonchev–Trinajstić information content (AvgIpc) is 2.92. The molecule has 0 saturated carbocycles. The van der Waals surface area contributed by atoms with E-state index in [2.05, 4.69) is 0 Å². The Balaban J connectivity index is 2.32. The molecule has 1 aliphatic heterocycles. The van der Waals surface area contributed by atoms with Gasteiger partial charge < -0.3 is 19.5 Å². The number of hydrogen-bond acceptors (Lipinski definition) is 7. The zero-order valence-corrected chi connectivity index (χ0v) is 23.3. The third-order valence-electron chi connectivity index (χ3n) is 6.54. The maximum absolute atomic E-state index is 14.2. The highest BCUT2D eigenvalue weighted by molar-refractivity contribution is 6.35. The van der Waals surface area contributed by atoms with Gasteiger partial charge in [0.2, 0.25) is 11.8 Å². The summed E-state index contributed by atoms with van der Waals surface area (Å²) in [6, 6.07) is 10.7. The number of carbonyl (C=O) groups is 5. The predicted octanol–water partition coefficient (Wildman–Crippen LogP) is 2.75. The first kappa shape index (κ1) is 29.9. The highest BCUT2D eigenvalue weighted by Crippen LogP contribution is 2.37. The van der Waals surface area contributed by atoms with Crippen LogP contribution in [-0.4, -0.2) is 75.8 Å². The molecule has 3 amide bonds. The van der Waals surface area contributed by atoms with Crippen LogP contribution in [0, 0.1) is 5.92 Å². The van der Waals surface area contributed by atoms with Gasteiger partial charge in [0.1, 0.15) is 12.1 Å². The van der Waals surface area contributed by atoms with Gasteiger partial charge >= 0.3 is 5.97 Å². The second kappa shape index (κ2) is 12.5. The average molecular weight is 552 g/mol. The van der Waals surface area contributed by atoms with Crippen molar-refractivity contribution in [1.29, 1.82) is 0 Å². The minimum Gasteiger partial charge on any atom is -0.493 e. The minimum atomic E-state index is -1.75. The Bertz CT molecular complexity index is 1340. The molecule has 0 saturated heterocycles. The maximum Gasteiger partial charge on any atom is 0.374 e. The van der Waals surface area contributed by atoms with Crippen molar-refractivity contribution >= 4 is 35.2 Å². The van der Waals surface area contributed by atoms with Crippen LogP contribution in [0.1, 0.15) is 38.8 Å². The number of Topliss-reactive ketones (excluding diaryl/α,β-unsaturated/α-hetero) is 1. The van der Waals surface area contributed by atoms with Crippen LogP contribution in [0.3, 0.4) is 0 Å². The standard InChI is InChI=1S/C29H33N3O8/c1-17(2)26-28(36)32(23(16-30(26)18(3)33)21-12-13-24(39-5)25(15-21)40-6)31(19(4)34)22(27(35)29(37)38)14-20-10-8-7-9-11-20/h7-13,15-17,22,26H,14H2,1-6H3,(H,37,38)/t22-,26?/m0/s1. The molecule has 0 bridgehead atoms. The Kier molecular flexibility index (Phi) is 9.31. The molecule has 11 nitrogen and oxygen atoms in total. The Morgan fingerprint density at radius 1 is 0.975 bits per heavy atom. The molecule has 0 aliphatic carbocycles. The maximum atomic E-state index is 14.2. The van der Waals surface area contributed by atoms with Crippen molar-refractivity contribution in [3.63, 3.8) is 0 Å². The first-order chi connectivity index (χ1) is 18.9. The Labute approximate surface area is 232 Å². The number of amides is 3. The Morgan fingerprint density at radius 2 is 1.60 bits per heavy atom. The van der Waals surface area contributed by atoms with Gasteiger partial charge in [-0.05, 0) is 29.7 Å². The van der Waals surface area contributed by atoms with E-state index in [1.165, 1.54) is 32.2 Å². The summed E-state index contributed by atoms with van der Waals surface area (Å²) >= 11 is 0. The number of methoxy groups -OCH3 is 2. The van der Waals surface area contributed by atoms with Crippen molar-refractivity contribution in [2.75, 3.05) is 14.2 Å². The molecule has 0 radical (unpaired) electrons. The number of benzene rings is 2. The van der Waals surface area contributed by atoms with Crippen LogP contribution < -0.4 is 9.47 Å². The summed E-state index contributed by atoms with van der Waals surface area (Å²) < 4.78 is 10.7. The molecule has 0 spiro atoms. The van der Waals surface area contributed by atoms with Gasteiger partial charge in [-0.25, -0.2) is 14.8 Å². The SMILES string of the molecule is COc1ccc(C2=CN(C(C)=O)C(C(C)C)C(=O)N2N(C(C)=O)[C@@H](Cc2ccccc2)C(=O)C(=O)O)cc1OC. The molecule has 11 heteroatoms. The summed E-state index contributed by atoms with van der Waals surface area (Å²) in [5.74, 6) is -4.54. The highest BCUT2D eigenvalue weighted by Gasteiger charge is 2.46. The zero-order valence-electron chi connectivity index (χ0n) is 23.3. The first-order valence-electron chi connectivity index (χ1n) is 12.6. The highest BCUT2D eigenvalue weighted by atomic mass is 16.5. The lowest BCUT2D eigenvalue weighted by Gasteiger charge is -2.46. The van der Waals surface area contributed by atoms with Crippen molar-refractivity contribution in [3.05, 3.63) is 65.9 Å². The Hall–Kier alpha value is -4.67. The zero-order chi connectivity index (χ0) is 29.7. The quantitative estimate of drug-likeness (QED) is 0.446. The number of ether oxygens (including phenoxy) is 2. The molecule has 0 aromatic heterocycles. The van der Waals surface area contributed by atoms with Crippen LogP contribution in [0.4, 0.5) is 0 Å². The predicted molar refractivity (Wildman–Crippen MR) is 145 cm³/mol. The van der Waals surface area contributed by atoms with E-state index >= 15 is 0 Å². The fraction of sp³-hybridized carbons (Fsp3) is 0.345. The smallest absolute Gasteiger partial charge is 0.374 e.